The summed E-state index contributed by atoms with van der Waals surface area (Å²) in [5, 5.41) is 4.07. The molecular formula is C11H17ClN2S2. The highest BCUT2D eigenvalue weighted by molar-refractivity contribution is 7.99. The summed E-state index contributed by atoms with van der Waals surface area (Å²) < 4.78 is 0. The highest BCUT2D eigenvalue weighted by atomic mass is 35.5. The van der Waals surface area contributed by atoms with Gasteiger partial charge in [0.05, 0.1) is 16.6 Å². The number of alkyl halides is 1. The van der Waals surface area contributed by atoms with Crippen LogP contribution in [0.2, 0.25) is 0 Å². The summed E-state index contributed by atoms with van der Waals surface area (Å²) in [5.74, 6) is 1.81. The van der Waals surface area contributed by atoms with Crippen LogP contribution in [0.5, 0.6) is 0 Å². The van der Waals surface area contributed by atoms with Crippen molar-refractivity contribution in [2.75, 3.05) is 25.4 Å². The largest absolute Gasteiger partial charge is 0.301 e. The van der Waals surface area contributed by atoms with Gasteiger partial charge in [0.15, 0.2) is 0 Å². The molecule has 0 saturated carbocycles. The second-order valence-corrected chi connectivity index (χ2v) is 6.85. The highest BCUT2D eigenvalue weighted by Gasteiger charge is 2.16. The van der Waals surface area contributed by atoms with Crippen LogP contribution in [-0.4, -0.2) is 40.5 Å². The number of aromatic nitrogens is 1. The maximum Gasteiger partial charge on any atom is 0.0941 e. The molecule has 0 spiro atoms. The molecule has 1 aromatic rings. The van der Waals surface area contributed by atoms with Crippen LogP contribution in [-0.2, 0) is 12.3 Å². The third-order valence-electron chi connectivity index (χ3n) is 2.70. The van der Waals surface area contributed by atoms with Crippen LogP contribution in [0.3, 0.4) is 0 Å². The molecule has 0 amide bonds. The van der Waals surface area contributed by atoms with Gasteiger partial charge in [-0.15, -0.1) is 22.9 Å². The Kier molecular flexibility index (Phi) is 4.95. The van der Waals surface area contributed by atoms with E-state index in [0.717, 1.165) is 23.9 Å². The van der Waals surface area contributed by atoms with Gasteiger partial charge in [-0.05, 0) is 0 Å². The average molecular weight is 277 g/mol. The molecular weight excluding hydrogens is 260 g/mol. The SMILES string of the molecule is CC1CN(CCc2nc(CCl)cs2)CCS1. The second-order valence-electron chi connectivity index (χ2n) is 4.10. The standard InChI is InChI=1S/C11H17ClN2S2/c1-9-7-14(4-5-15-9)3-2-11-13-10(6-12)8-16-11/h8-9H,2-7H2,1H3. The molecule has 0 radical (unpaired) electrons. The van der Waals surface area contributed by atoms with Crippen molar-refractivity contribution in [3.63, 3.8) is 0 Å². The normalized spacial score (nSPS) is 22.5. The van der Waals surface area contributed by atoms with Crippen molar-refractivity contribution >= 4 is 34.7 Å². The average Bonchev–Trinajstić information content (AvgIpc) is 2.74. The van der Waals surface area contributed by atoms with Gasteiger partial charge in [-0.2, -0.15) is 11.8 Å². The fourth-order valence-electron chi connectivity index (χ4n) is 1.87. The van der Waals surface area contributed by atoms with Crippen LogP contribution < -0.4 is 0 Å². The van der Waals surface area contributed by atoms with E-state index < -0.39 is 0 Å². The number of nitrogens with zero attached hydrogens (tertiary/aromatic N) is 2. The number of thioether (sulfide) groups is 1. The van der Waals surface area contributed by atoms with E-state index in [1.165, 1.54) is 23.8 Å². The Balaban J connectivity index is 1.78. The summed E-state index contributed by atoms with van der Waals surface area (Å²) in [4.78, 5) is 7.03. The molecule has 2 heterocycles. The first-order valence-electron chi connectivity index (χ1n) is 5.61. The summed E-state index contributed by atoms with van der Waals surface area (Å²) in [6.07, 6.45) is 1.07. The zero-order chi connectivity index (χ0) is 11.4. The van der Waals surface area contributed by atoms with Crippen molar-refractivity contribution in [2.45, 2.75) is 24.5 Å². The number of rotatable bonds is 4. The van der Waals surface area contributed by atoms with Crippen LogP contribution in [0.15, 0.2) is 5.38 Å². The molecule has 1 fully saturated rings. The molecule has 0 aromatic carbocycles. The number of hydrogen-bond acceptors (Lipinski definition) is 4. The van der Waals surface area contributed by atoms with E-state index in [0.29, 0.717) is 5.88 Å². The molecule has 90 valence electrons. The van der Waals surface area contributed by atoms with Crippen molar-refractivity contribution < 1.29 is 0 Å². The molecule has 1 aliphatic heterocycles. The summed E-state index contributed by atoms with van der Waals surface area (Å²) in [7, 11) is 0. The molecule has 0 bridgehead atoms. The highest BCUT2D eigenvalue weighted by Crippen LogP contribution is 2.18. The first kappa shape index (κ1) is 12.7. The van der Waals surface area contributed by atoms with Gasteiger partial charge in [-0.3, -0.25) is 0 Å². The van der Waals surface area contributed by atoms with Crippen molar-refractivity contribution in [2.24, 2.45) is 0 Å². The maximum atomic E-state index is 5.74. The number of hydrogen-bond donors (Lipinski definition) is 0. The monoisotopic (exact) mass is 276 g/mol. The molecule has 1 atom stereocenters. The minimum absolute atomic E-state index is 0.536. The number of thiazole rings is 1. The van der Waals surface area contributed by atoms with Gasteiger partial charge < -0.3 is 4.90 Å². The van der Waals surface area contributed by atoms with E-state index in [4.69, 9.17) is 11.6 Å². The van der Waals surface area contributed by atoms with E-state index in [2.05, 4.69) is 33.9 Å². The molecule has 5 heteroatoms. The smallest absolute Gasteiger partial charge is 0.0941 e. The molecule has 1 saturated heterocycles. The molecule has 0 N–H and O–H groups in total. The van der Waals surface area contributed by atoms with Gasteiger partial charge in [0, 0.05) is 42.4 Å². The Morgan fingerprint density at radius 3 is 3.19 bits per heavy atom. The lowest BCUT2D eigenvalue weighted by Crippen LogP contribution is -2.37. The summed E-state index contributed by atoms with van der Waals surface area (Å²) in [6.45, 7) is 5.90. The lowest BCUT2D eigenvalue weighted by atomic mass is 10.3. The minimum Gasteiger partial charge on any atom is -0.301 e. The Bertz CT molecular complexity index is 330. The van der Waals surface area contributed by atoms with Gasteiger partial charge >= 0.3 is 0 Å². The summed E-state index contributed by atoms with van der Waals surface area (Å²) in [6, 6.07) is 0. The first-order chi connectivity index (χ1) is 7.78. The van der Waals surface area contributed by atoms with Gasteiger partial charge in [0.2, 0.25) is 0 Å². The Morgan fingerprint density at radius 1 is 1.62 bits per heavy atom. The third-order valence-corrected chi connectivity index (χ3v) is 5.07. The molecule has 2 nitrogen and oxygen atoms in total. The first-order valence-corrected chi connectivity index (χ1v) is 8.07. The van der Waals surface area contributed by atoms with Gasteiger partial charge in [-0.1, -0.05) is 6.92 Å². The van der Waals surface area contributed by atoms with E-state index in [1.807, 2.05) is 0 Å². The molecule has 1 aromatic heterocycles. The second kappa shape index (κ2) is 6.24. The lowest BCUT2D eigenvalue weighted by Gasteiger charge is -2.30. The van der Waals surface area contributed by atoms with Crippen LogP contribution in [0.4, 0.5) is 0 Å². The van der Waals surface area contributed by atoms with Crippen LogP contribution in [0.25, 0.3) is 0 Å². The molecule has 0 aliphatic carbocycles. The van der Waals surface area contributed by atoms with Crippen molar-refractivity contribution in [1.82, 2.24) is 9.88 Å². The predicted octanol–water partition coefficient (Wildman–Crippen LogP) is 2.86. The van der Waals surface area contributed by atoms with Crippen LogP contribution in [0, 0.1) is 0 Å². The van der Waals surface area contributed by atoms with Crippen molar-refractivity contribution in [3.8, 4) is 0 Å². The molecule has 1 aliphatic rings. The zero-order valence-electron chi connectivity index (χ0n) is 9.49. The third kappa shape index (κ3) is 3.62. The quantitative estimate of drug-likeness (QED) is 0.787. The fraction of sp³-hybridized carbons (Fsp3) is 0.727. The minimum atomic E-state index is 0.536. The maximum absolute atomic E-state index is 5.74. The lowest BCUT2D eigenvalue weighted by molar-refractivity contribution is 0.290. The molecule has 1 unspecified atom stereocenters. The van der Waals surface area contributed by atoms with Crippen molar-refractivity contribution in [1.29, 1.82) is 0 Å². The van der Waals surface area contributed by atoms with E-state index in [1.54, 1.807) is 11.3 Å². The summed E-state index contributed by atoms with van der Waals surface area (Å²) >= 11 is 9.55. The Labute approximate surface area is 110 Å². The van der Waals surface area contributed by atoms with Crippen LogP contribution in [0.1, 0.15) is 17.6 Å². The molecule has 2 rings (SSSR count). The molecule has 16 heavy (non-hydrogen) atoms. The van der Waals surface area contributed by atoms with Gasteiger partial charge in [0.25, 0.3) is 0 Å². The van der Waals surface area contributed by atoms with E-state index >= 15 is 0 Å². The Hall–Kier alpha value is 0.230. The zero-order valence-corrected chi connectivity index (χ0v) is 11.9. The Morgan fingerprint density at radius 2 is 2.50 bits per heavy atom. The number of halogens is 1. The van der Waals surface area contributed by atoms with E-state index in [9.17, 15) is 0 Å². The fourth-order valence-corrected chi connectivity index (χ4v) is 3.97. The predicted molar refractivity (Wildman–Crippen MR) is 73.7 cm³/mol. The van der Waals surface area contributed by atoms with Crippen LogP contribution >= 0.6 is 34.7 Å². The van der Waals surface area contributed by atoms with Gasteiger partial charge in [0.1, 0.15) is 0 Å². The topological polar surface area (TPSA) is 16.1 Å². The van der Waals surface area contributed by atoms with Gasteiger partial charge in [-0.25, -0.2) is 4.98 Å². The van der Waals surface area contributed by atoms with E-state index in [-0.39, 0.29) is 0 Å². The summed E-state index contributed by atoms with van der Waals surface area (Å²) in [5.41, 5.74) is 1.02. The van der Waals surface area contributed by atoms with Crippen molar-refractivity contribution in [3.05, 3.63) is 16.1 Å².